The van der Waals surface area contributed by atoms with Crippen LogP contribution in [0.4, 0.5) is 0 Å². The number of hydrogen-bond acceptors (Lipinski definition) is 3. The molecule has 1 aromatic carbocycles. The summed E-state index contributed by atoms with van der Waals surface area (Å²) in [5.74, 6) is -0.642. The molecule has 1 saturated carbocycles. The molecule has 3 N–H and O–H groups in total. The zero-order chi connectivity index (χ0) is 20.4. The van der Waals surface area contributed by atoms with Crippen LogP contribution in [0.5, 0.6) is 0 Å². The molecule has 0 spiro atoms. The van der Waals surface area contributed by atoms with Gasteiger partial charge in [-0.2, -0.15) is 0 Å². The smallest absolute Gasteiger partial charge is 0.303 e. The molecule has 154 valence electrons. The molecule has 0 aliphatic heterocycles. The Balaban J connectivity index is 1.98. The summed E-state index contributed by atoms with van der Waals surface area (Å²) < 4.78 is 0. The van der Waals surface area contributed by atoms with Crippen molar-refractivity contribution in [1.29, 1.82) is 0 Å². The van der Waals surface area contributed by atoms with E-state index in [1.54, 1.807) is 0 Å². The second kappa shape index (κ2) is 11.5. The lowest BCUT2D eigenvalue weighted by molar-refractivity contribution is -0.137. The summed E-state index contributed by atoms with van der Waals surface area (Å²) in [6.45, 7) is 1.44. The van der Waals surface area contributed by atoms with Crippen molar-refractivity contribution in [3.05, 3.63) is 35.9 Å². The second-order valence-corrected chi connectivity index (χ2v) is 7.80. The van der Waals surface area contributed by atoms with Crippen LogP contribution in [0, 0.1) is 5.92 Å². The first-order chi connectivity index (χ1) is 13.4. The fraction of sp³-hybridized carbons (Fsp3) is 0.591. The lowest BCUT2D eigenvalue weighted by Gasteiger charge is -2.27. The molecule has 2 atom stereocenters. The highest BCUT2D eigenvalue weighted by molar-refractivity contribution is 5.79. The third kappa shape index (κ3) is 8.11. The van der Waals surface area contributed by atoms with Gasteiger partial charge in [0.25, 0.3) is 0 Å². The number of nitrogens with one attached hydrogen (secondary N) is 2. The molecule has 1 aliphatic rings. The SMILES string of the molecule is CC(=O)NC(CC(=O)NC(CCC(=O)O)CC1CCCCC1)c1ccccc1. The Morgan fingerprint density at radius 1 is 1.07 bits per heavy atom. The van der Waals surface area contributed by atoms with Crippen LogP contribution in [-0.4, -0.2) is 28.9 Å². The Morgan fingerprint density at radius 3 is 2.36 bits per heavy atom. The summed E-state index contributed by atoms with van der Waals surface area (Å²) in [5, 5.41) is 14.9. The molecule has 2 rings (SSSR count). The molecule has 28 heavy (non-hydrogen) atoms. The molecule has 0 aromatic heterocycles. The highest BCUT2D eigenvalue weighted by Gasteiger charge is 2.23. The summed E-state index contributed by atoms with van der Waals surface area (Å²) in [7, 11) is 0. The quantitative estimate of drug-likeness (QED) is 0.571. The van der Waals surface area contributed by atoms with Gasteiger partial charge in [-0.25, -0.2) is 0 Å². The van der Waals surface area contributed by atoms with Crippen LogP contribution >= 0.6 is 0 Å². The largest absolute Gasteiger partial charge is 0.481 e. The topological polar surface area (TPSA) is 95.5 Å². The van der Waals surface area contributed by atoms with E-state index < -0.39 is 12.0 Å². The van der Waals surface area contributed by atoms with Gasteiger partial charge in [0.15, 0.2) is 0 Å². The normalized spacial score (nSPS) is 16.8. The zero-order valence-corrected chi connectivity index (χ0v) is 16.7. The van der Waals surface area contributed by atoms with Gasteiger partial charge in [-0.15, -0.1) is 0 Å². The predicted molar refractivity (Wildman–Crippen MR) is 108 cm³/mol. The number of hydrogen-bond donors (Lipinski definition) is 3. The number of benzene rings is 1. The number of carbonyl (C=O) groups excluding carboxylic acids is 2. The lowest BCUT2D eigenvalue weighted by Crippen LogP contribution is -2.39. The van der Waals surface area contributed by atoms with Crippen molar-refractivity contribution in [2.75, 3.05) is 0 Å². The summed E-state index contributed by atoms with van der Waals surface area (Å²) >= 11 is 0. The molecule has 0 bridgehead atoms. The molecule has 1 aromatic rings. The number of carboxylic acid groups (broad SMARTS) is 1. The second-order valence-electron chi connectivity index (χ2n) is 7.80. The van der Waals surface area contributed by atoms with Crippen molar-refractivity contribution in [3.8, 4) is 0 Å². The maximum Gasteiger partial charge on any atom is 0.303 e. The van der Waals surface area contributed by atoms with E-state index in [1.165, 1.54) is 26.2 Å². The first kappa shape index (κ1) is 21.9. The van der Waals surface area contributed by atoms with Crippen LogP contribution in [0.3, 0.4) is 0 Å². The fourth-order valence-electron chi connectivity index (χ4n) is 4.03. The van der Waals surface area contributed by atoms with E-state index >= 15 is 0 Å². The van der Waals surface area contributed by atoms with Crippen LogP contribution in [-0.2, 0) is 14.4 Å². The Hall–Kier alpha value is -2.37. The van der Waals surface area contributed by atoms with Gasteiger partial charge in [-0.3, -0.25) is 14.4 Å². The van der Waals surface area contributed by atoms with E-state index in [0.717, 1.165) is 24.8 Å². The molecule has 0 radical (unpaired) electrons. The van der Waals surface area contributed by atoms with Gasteiger partial charge in [0, 0.05) is 19.4 Å². The van der Waals surface area contributed by atoms with Gasteiger partial charge < -0.3 is 15.7 Å². The van der Waals surface area contributed by atoms with Crippen molar-refractivity contribution in [1.82, 2.24) is 10.6 Å². The van der Waals surface area contributed by atoms with Crippen LogP contribution in [0.1, 0.15) is 76.3 Å². The van der Waals surface area contributed by atoms with Crippen LogP contribution < -0.4 is 10.6 Å². The molecule has 6 heteroatoms. The van der Waals surface area contributed by atoms with E-state index in [9.17, 15) is 14.4 Å². The summed E-state index contributed by atoms with van der Waals surface area (Å²) in [6.07, 6.45) is 7.44. The maximum atomic E-state index is 12.7. The molecular weight excluding hydrogens is 356 g/mol. The van der Waals surface area contributed by atoms with Crippen molar-refractivity contribution in [2.45, 2.75) is 76.8 Å². The van der Waals surface area contributed by atoms with E-state index in [4.69, 9.17) is 5.11 Å². The van der Waals surface area contributed by atoms with Gasteiger partial charge in [0.1, 0.15) is 0 Å². The minimum Gasteiger partial charge on any atom is -0.481 e. The third-order valence-electron chi connectivity index (χ3n) is 5.38. The Labute approximate surface area is 167 Å². The Bertz CT molecular complexity index is 641. The standard InChI is InChI=1S/C22H32N2O4/c1-16(25)23-20(18-10-6-3-7-11-18)15-21(26)24-19(12-13-22(27)28)14-17-8-4-2-5-9-17/h3,6-7,10-11,17,19-20H,2,4-5,8-9,12-15H2,1H3,(H,23,25)(H,24,26)(H,27,28). The van der Waals surface area contributed by atoms with Crippen LogP contribution in [0.15, 0.2) is 30.3 Å². The van der Waals surface area contributed by atoms with Crippen LogP contribution in [0.25, 0.3) is 0 Å². The van der Waals surface area contributed by atoms with Gasteiger partial charge in [-0.1, -0.05) is 62.4 Å². The van der Waals surface area contributed by atoms with Crippen molar-refractivity contribution in [3.63, 3.8) is 0 Å². The monoisotopic (exact) mass is 388 g/mol. The van der Waals surface area contributed by atoms with Gasteiger partial charge in [0.2, 0.25) is 11.8 Å². The minimum atomic E-state index is -0.844. The van der Waals surface area contributed by atoms with Crippen molar-refractivity contribution >= 4 is 17.8 Å². The van der Waals surface area contributed by atoms with Crippen molar-refractivity contribution < 1.29 is 19.5 Å². The highest BCUT2D eigenvalue weighted by Crippen LogP contribution is 2.28. The first-order valence-corrected chi connectivity index (χ1v) is 10.3. The van der Waals surface area contributed by atoms with Gasteiger partial charge in [0.05, 0.1) is 12.5 Å². The molecule has 0 saturated heterocycles. The maximum absolute atomic E-state index is 12.7. The van der Waals surface area contributed by atoms with Crippen LogP contribution in [0.2, 0.25) is 0 Å². The summed E-state index contributed by atoms with van der Waals surface area (Å²) in [6, 6.07) is 8.88. The van der Waals surface area contributed by atoms with E-state index in [2.05, 4.69) is 10.6 Å². The van der Waals surface area contributed by atoms with Crippen molar-refractivity contribution in [2.24, 2.45) is 5.92 Å². The average Bonchev–Trinajstić information content (AvgIpc) is 2.66. The number of rotatable bonds is 10. The van der Waals surface area contributed by atoms with E-state index in [0.29, 0.717) is 12.3 Å². The zero-order valence-electron chi connectivity index (χ0n) is 16.7. The Morgan fingerprint density at radius 2 is 1.75 bits per heavy atom. The van der Waals surface area contributed by atoms with Gasteiger partial charge in [-0.05, 0) is 24.3 Å². The summed E-state index contributed by atoms with van der Waals surface area (Å²) in [4.78, 5) is 35.3. The number of carboxylic acids is 1. The average molecular weight is 389 g/mol. The van der Waals surface area contributed by atoms with Gasteiger partial charge >= 0.3 is 5.97 Å². The molecule has 2 unspecified atom stereocenters. The predicted octanol–water partition coefficient (Wildman–Crippen LogP) is 3.57. The molecule has 1 aliphatic carbocycles. The molecule has 0 heterocycles. The third-order valence-corrected chi connectivity index (χ3v) is 5.38. The van der Waals surface area contributed by atoms with E-state index in [1.807, 2.05) is 30.3 Å². The Kier molecular flexibility index (Phi) is 8.98. The minimum absolute atomic E-state index is 0.0471. The summed E-state index contributed by atoms with van der Waals surface area (Å²) in [5.41, 5.74) is 0.877. The highest BCUT2D eigenvalue weighted by atomic mass is 16.4. The number of carbonyl (C=O) groups is 3. The number of amides is 2. The molecule has 6 nitrogen and oxygen atoms in total. The first-order valence-electron chi connectivity index (χ1n) is 10.3. The fourth-order valence-corrected chi connectivity index (χ4v) is 4.03. The molecular formula is C22H32N2O4. The van der Waals surface area contributed by atoms with E-state index in [-0.39, 0.29) is 30.7 Å². The molecule has 1 fully saturated rings. The number of aliphatic carboxylic acids is 1. The lowest BCUT2D eigenvalue weighted by atomic mass is 9.84. The molecule has 2 amide bonds.